The van der Waals surface area contributed by atoms with Crippen LogP contribution in [0.25, 0.3) is 0 Å². The van der Waals surface area contributed by atoms with Gasteiger partial charge in [-0.25, -0.2) is 0 Å². The van der Waals surface area contributed by atoms with Gasteiger partial charge in [0.25, 0.3) is 17.7 Å². The van der Waals surface area contributed by atoms with Crippen LogP contribution in [0.5, 0.6) is 5.88 Å². The molecule has 0 unspecified atom stereocenters. The number of nitrogens with zero attached hydrogens (tertiary/aromatic N) is 3. The summed E-state index contributed by atoms with van der Waals surface area (Å²) in [6.45, 7) is 15.4. The summed E-state index contributed by atoms with van der Waals surface area (Å²) in [5.74, 6) is -3.28. The molecule has 2 aliphatic heterocycles. The first kappa shape index (κ1) is 40.2. The molecule has 0 aromatic carbocycles. The maximum atomic E-state index is 14.6. The topological polar surface area (TPSA) is 180 Å². The number of Topliss-reactive ketones (excluding diaryl/α,β-unsaturated/α-hetero) is 1. The summed E-state index contributed by atoms with van der Waals surface area (Å²) in [6, 6.07) is -2.63. The normalized spacial score (nSPS) is 23.7. The van der Waals surface area contributed by atoms with Gasteiger partial charge in [0.05, 0.1) is 12.1 Å². The summed E-state index contributed by atoms with van der Waals surface area (Å²) < 4.78 is 11.0. The highest BCUT2D eigenvalue weighted by Gasteiger charge is 2.63. The number of hydrogen-bond donors (Lipinski definition) is 3. The molecule has 4 aliphatic rings. The molecular weight excluding hydrogens is 680 g/mol. The number of β-lactam (4-membered cyclic amide) rings is 1. The molecule has 6 atom stereocenters. The average Bonchev–Trinajstić information content (AvgIpc) is 3.68. The Kier molecular flexibility index (Phi) is 12.3. The van der Waals surface area contributed by atoms with E-state index in [1.807, 2.05) is 55.4 Å². The Morgan fingerprint density at radius 1 is 0.962 bits per heavy atom. The number of nitrogens with one attached hydrogen (secondary N) is 3. The molecule has 2 aliphatic carbocycles. The SMILES string of the molecule is CCC[C@H]1CN(C(=O)[C@@H](NC(=O)[C@@H](NC(=O)c2cc(OC(C)(C)C)no2)C2CCCCC2)C(C)(C)C)[C@@H]2C(=O)N([C@@H](CCC)C(=O)C(=O)NC3CC3)[C@@H]12. The Labute approximate surface area is 313 Å². The van der Waals surface area contributed by atoms with Crippen molar-refractivity contribution < 1.29 is 38.0 Å². The van der Waals surface area contributed by atoms with Crippen molar-refractivity contribution >= 4 is 35.3 Å². The van der Waals surface area contributed by atoms with Crippen LogP contribution in [0, 0.1) is 17.3 Å². The summed E-state index contributed by atoms with van der Waals surface area (Å²) in [6.07, 6.45) is 8.51. The maximum Gasteiger partial charge on any atom is 0.290 e. The number of amides is 5. The van der Waals surface area contributed by atoms with Gasteiger partial charge in [0, 0.05) is 12.6 Å². The molecule has 53 heavy (non-hydrogen) atoms. The minimum atomic E-state index is -1.02. The average molecular weight is 741 g/mol. The van der Waals surface area contributed by atoms with Gasteiger partial charge in [0.2, 0.25) is 29.3 Å². The van der Waals surface area contributed by atoms with Crippen LogP contribution in [-0.4, -0.2) is 98.7 Å². The number of carbonyl (C=O) groups excluding carboxylic acids is 6. The largest absolute Gasteiger partial charge is 0.470 e. The van der Waals surface area contributed by atoms with Gasteiger partial charge in [-0.1, -0.05) is 66.7 Å². The van der Waals surface area contributed by atoms with Crippen LogP contribution >= 0.6 is 0 Å². The first-order chi connectivity index (χ1) is 24.9. The summed E-state index contributed by atoms with van der Waals surface area (Å²) in [5, 5.41) is 12.5. The lowest BCUT2D eigenvalue weighted by atomic mass is 9.81. The molecule has 1 aromatic heterocycles. The highest BCUT2D eigenvalue weighted by molar-refractivity contribution is 6.38. The van der Waals surface area contributed by atoms with E-state index in [0.29, 0.717) is 19.4 Å². The van der Waals surface area contributed by atoms with Crippen LogP contribution in [0.3, 0.4) is 0 Å². The highest BCUT2D eigenvalue weighted by Crippen LogP contribution is 2.43. The zero-order valence-corrected chi connectivity index (χ0v) is 32.8. The fourth-order valence-electron chi connectivity index (χ4n) is 8.17. The Morgan fingerprint density at radius 2 is 1.64 bits per heavy atom. The van der Waals surface area contributed by atoms with Gasteiger partial charge in [-0.15, -0.1) is 0 Å². The second-order valence-corrected chi connectivity index (χ2v) is 17.5. The molecule has 294 valence electrons. The lowest BCUT2D eigenvalue weighted by Gasteiger charge is -2.51. The molecule has 14 heteroatoms. The number of hydrogen-bond acceptors (Lipinski definition) is 9. The van der Waals surface area contributed by atoms with Crippen molar-refractivity contribution in [3.05, 3.63) is 11.8 Å². The quantitative estimate of drug-likeness (QED) is 0.178. The smallest absolute Gasteiger partial charge is 0.290 e. The standard InChI is InChI=1S/C39H60N6O8/c1-9-14-23-21-44(30-29(23)45(36(30)50)25(15-10-2)31(46)35(49)40-24-18-19-24)37(51)32(38(3,4)5)42-34(48)28(22-16-12-11-13-17-22)41-33(47)26-20-27(43-53-26)52-39(6,7)8/h20,22-25,28-30,32H,9-19,21H2,1-8H3,(H,40,49)(H,41,47)(H,42,48)/t23-,25-,28-,29-,30-,32+/m0/s1. The second kappa shape index (κ2) is 16.2. The molecule has 0 radical (unpaired) electrons. The van der Waals surface area contributed by atoms with Gasteiger partial charge in [-0.2, -0.15) is 0 Å². The third-order valence-electron chi connectivity index (χ3n) is 10.9. The molecular formula is C39H60N6O8. The number of ketones is 1. The zero-order valence-electron chi connectivity index (χ0n) is 32.8. The summed E-state index contributed by atoms with van der Waals surface area (Å²) >= 11 is 0. The summed E-state index contributed by atoms with van der Waals surface area (Å²) in [7, 11) is 0. The Balaban J connectivity index is 1.35. The molecule has 2 saturated heterocycles. The first-order valence-corrected chi connectivity index (χ1v) is 19.7. The minimum Gasteiger partial charge on any atom is -0.470 e. The molecule has 14 nitrogen and oxygen atoms in total. The van der Waals surface area contributed by atoms with Crippen molar-refractivity contribution in [2.45, 2.75) is 168 Å². The van der Waals surface area contributed by atoms with E-state index in [4.69, 9.17) is 9.26 Å². The van der Waals surface area contributed by atoms with Gasteiger partial charge in [0.1, 0.15) is 29.8 Å². The highest BCUT2D eigenvalue weighted by atomic mass is 16.6. The van der Waals surface area contributed by atoms with E-state index in [2.05, 4.69) is 21.1 Å². The molecule has 4 fully saturated rings. The predicted octanol–water partition coefficient (Wildman–Crippen LogP) is 3.92. The predicted molar refractivity (Wildman–Crippen MR) is 195 cm³/mol. The zero-order chi connectivity index (χ0) is 38.8. The number of carbonyl (C=O) groups is 6. The Bertz CT molecular complexity index is 1530. The van der Waals surface area contributed by atoms with E-state index in [9.17, 15) is 28.8 Å². The van der Waals surface area contributed by atoms with Gasteiger partial charge in [-0.05, 0) is 81.7 Å². The molecule has 3 N–H and O–H groups in total. The molecule has 3 heterocycles. The second-order valence-electron chi connectivity index (χ2n) is 17.5. The molecule has 5 rings (SSSR count). The van der Waals surface area contributed by atoms with Crippen LogP contribution in [0.15, 0.2) is 10.6 Å². The molecule has 0 bridgehead atoms. The third kappa shape index (κ3) is 9.23. The van der Waals surface area contributed by atoms with Crippen LogP contribution < -0.4 is 20.7 Å². The van der Waals surface area contributed by atoms with Gasteiger partial charge in [0.15, 0.2) is 0 Å². The van der Waals surface area contributed by atoms with Crippen LogP contribution in [0.1, 0.15) is 137 Å². The lowest BCUT2D eigenvalue weighted by Crippen LogP contribution is -2.73. The Morgan fingerprint density at radius 3 is 2.23 bits per heavy atom. The van der Waals surface area contributed by atoms with E-state index < -0.39 is 64.7 Å². The summed E-state index contributed by atoms with van der Waals surface area (Å²) in [5.41, 5.74) is -1.32. The van der Waals surface area contributed by atoms with Crippen molar-refractivity contribution in [1.29, 1.82) is 0 Å². The number of rotatable bonds is 15. The molecule has 2 saturated carbocycles. The molecule has 1 aromatic rings. The summed E-state index contributed by atoms with van der Waals surface area (Å²) in [4.78, 5) is 85.8. The van der Waals surface area contributed by atoms with E-state index in [1.165, 1.54) is 6.07 Å². The third-order valence-corrected chi connectivity index (χ3v) is 10.9. The van der Waals surface area contributed by atoms with E-state index in [0.717, 1.165) is 57.8 Å². The van der Waals surface area contributed by atoms with Crippen molar-refractivity contribution in [2.24, 2.45) is 17.3 Å². The van der Waals surface area contributed by atoms with E-state index >= 15 is 0 Å². The van der Waals surface area contributed by atoms with Gasteiger partial charge in [-0.3, -0.25) is 28.8 Å². The molecule has 5 amide bonds. The van der Waals surface area contributed by atoms with E-state index in [-0.39, 0.29) is 41.3 Å². The van der Waals surface area contributed by atoms with Crippen molar-refractivity contribution in [3.63, 3.8) is 0 Å². The van der Waals surface area contributed by atoms with Crippen LogP contribution in [-0.2, 0) is 24.0 Å². The first-order valence-electron chi connectivity index (χ1n) is 19.7. The monoisotopic (exact) mass is 740 g/mol. The van der Waals surface area contributed by atoms with E-state index in [1.54, 1.807) is 9.80 Å². The number of aromatic nitrogens is 1. The Hall–Kier alpha value is -3.97. The van der Waals surface area contributed by atoms with Crippen molar-refractivity contribution in [2.75, 3.05) is 6.54 Å². The van der Waals surface area contributed by atoms with Crippen LogP contribution in [0.2, 0.25) is 0 Å². The fraction of sp³-hybridized carbons (Fsp3) is 0.769. The number of likely N-dealkylation sites (tertiary alicyclic amines) is 2. The van der Waals surface area contributed by atoms with Crippen molar-refractivity contribution in [3.8, 4) is 5.88 Å². The minimum absolute atomic E-state index is 0.0135. The fourth-order valence-corrected chi connectivity index (χ4v) is 8.17. The van der Waals surface area contributed by atoms with Gasteiger partial charge < -0.3 is 35.0 Å². The number of ether oxygens (including phenoxy) is 1. The van der Waals surface area contributed by atoms with Crippen molar-refractivity contribution in [1.82, 2.24) is 30.9 Å². The number of fused-ring (bicyclic) bond motifs is 1. The van der Waals surface area contributed by atoms with Crippen LogP contribution in [0.4, 0.5) is 0 Å². The maximum absolute atomic E-state index is 14.6. The lowest BCUT2D eigenvalue weighted by molar-refractivity contribution is -0.168. The molecule has 0 spiro atoms. The van der Waals surface area contributed by atoms with Gasteiger partial charge >= 0.3 is 0 Å².